The molecule has 2 aromatic rings. The van der Waals surface area contributed by atoms with Gasteiger partial charge in [-0.15, -0.1) is 0 Å². The Morgan fingerprint density at radius 1 is 1.29 bits per heavy atom. The Kier molecular flexibility index (Phi) is 3.35. The van der Waals surface area contributed by atoms with Gasteiger partial charge in [-0.25, -0.2) is 5.43 Å². The number of carbonyl (C=O) groups excluding carboxylic acids is 1. The minimum atomic E-state index is -0.203. The maximum atomic E-state index is 11.8. The van der Waals surface area contributed by atoms with Gasteiger partial charge in [0, 0.05) is 11.8 Å². The predicted octanol–water partition coefficient (Wildman–Crippen LogP) is 2.09. The summed E-state index contributed by atoms with van der Waals surface area (Å²) in [5.41, 5.74) is 4.90. The van der Waals surface area contributed by atoms with Crippen LogP contribution in [0.25, 0.3) is 0 Å². The minimum Gasteiger partial charge on any atom is -0.360 e. The normalized spacial score (nSPS) is 10.6. The first-order valence-electron chi connectivity index (χ1n) is 5.30. The van der Waals surface area contributed by atoms with Crippen LogP contribution in [0.3, 0.4) is 0 Å². The zero-order chi connectivity index (χ0) is 12.1. The third-order valence-electron chi connectivity index (χ3n) is 2.38. The van der Waals surface area contributed by atoms with Gasteiger partial charge in [0.15, 0.2) is 0 Å². The molecule has 0 aliphatic heterocycles. The quantitative estimate of drug-likeness (QED) is 0.612. The molecule has 0 fully saturated rings. The summed E-state index contributed by atoms with van der Waals surface area (Å²) >= 11 is 0. The van der Waals surface area contributed by atoms with Gasteiger partial charge >= 0.3 is 0 Å². The number of H-pyrrole nitrogens is 1. The van der Waals surface area contributed by atoms with E-state index < -0.39 is 0 Å². The summed E-state index contributed by atoms with van der Waals surface area (Å²) < 4.78 is 0. The summed E-state index contributed by atoms with van der Waals surface area (Å²) in [7, 11) is 0. The minimum absolute atomic E-state index is 0.203. The number of aromatic amines is 1. The number of rotatable bonds is 3. The third-order valence-corrected chi connectivity index (χ3v) is 2.38. The zero-order valence-electron chi connectivity index (χ0n) is 9.47. The van der Waals surface area contributed by atoms with Crippen LogP contribution >= 0.6 is 0 Å². The second kappa shape index (κ2) is 5.12. The van der Waals surface area contributed by atoms with E-state index in [9.17, 15) is 4.79 Å². The number of hydrazone groups is 1. The van der Waals surface area contributed by atoms with Gasteiger partial charge in [0.05, 0.1) is 11.9 Å². The van der Waals surface area contributed by atoms with E-state index in [1.807, 2.05) is 37.3 Å². The second-order valence-corrected chi connectivity index (χ2v) is 3.64. The first-order chi connectivity index (χ1) is 8.27. The number of hydrogen-bond donors (Lipinski definition) is 2. The highest BCUT2D eigenvalue weighted by molar-refractivity contribution is 5.96. The Bertz CT molecular complexity index is 529. The summed E-state index contributed by atoms with van der Waals surface area (Å²) in [6.45, 7) is 1.89. The van der Waals surface area contributed by atoms with E-state index in [-0.39, 0.29) is 5.91 Å². The molecule has 0 spiro atoms. The molecule has 2 rings (SSSR count). The topological polar surface area (TPSA) is 57.2 Å². The van der Waals surface area contributed by atoms with E-state index in [0.717, 1.165) is 11.3 Å². The highest BCUT2D eigenvalue weighted by atomic mass is 16.2. The highest BCUT2D eigenvalue weighted by Crippen LogP contribution is 2.06. The van der Waals surface area contributed by atoms with Crippen molar-refractivity contribution in [3.63, 3.8) is 0 Å². The van der Waals surface area contributed by atoms with Gasteiger partial charge < -0.3 is 4.98 Å². The van der Waals surface area contributed by atoms with Crippen LogP contribution in [-0.4, -0.2) is 17.1 Å². The predicted molar refractivity (Wildman–Crippen MR) is 67.0 cm³/mol. The van der Waals surface area contributed by atoms with Crippen LogP contribution in [0.5, 0.6) is 0 Å². The van der Waals surface area contributed by atoms with Crippen LogP contribution in [0, 0.1) is 6.92 Å². The van der Waals surface area contributed by atoms with Crippen molar-refractivity contribution >= 4 is 12.1 Å². The second-order valence-electron chi connectivity index (χ2n) is 3.64. The van der Waals surface area contributed by atoms with Crippen molar-refractivity contribution in [1.82, 2.24) is 10.4 Å². The monoisotopic (exact) mass is 227 g/mol. The average molecular weight is 227 g/mol. The molecule has 0 radical (unpaired) electrons. The maximum absolute atomic E-state index is 11.8. The van der Waals surface area contributed by atoms with E-state index in [4.69, 9.17) is 0 Å². The van der Waals surface area contributed by atoms with E-state index in [0.29, 0.717) is 5.56 Å². The molecule has 1 amide bonds. The van der Waals surface area contributed by atoms with Gasteiger partial charge in [0.25, 0.3) is 5.91 Å². The summed E-state index contributed by atoms with van der Waals surface area (Å²) in [6, 6.07) is 11.1. The number of aryl methyl sites for hydroxylation is 1. The molecular formula is C13H13N3O. The number of hydrogen-bond acceptors (Lipinski definition) is 2. The van der Waals surface area contributed by atoms with Crippen LogP contribution in [0.4, 0.5) is 0 Å². The van der Waals surface area contributed by atoms with Crippen LogP contribution in [0.15, 0.2) is 47.7 Å². The van der Waals surface area contributed by atoms with E-state index in [1.165, 1.54) is 0 Å². The molecule has 1 aromatic heterocycles. The zero-order valence-corrected chi connectivity index (χ0v) is 9.47. The fourth-order valence-corrected chi connectivity index (χ4v) is 1.47. The van der Waals surface area contributed by atoms with Crippen molar-refractivity contribution < 1.29 is 4.79 Å². The Hall–Kier alpha value is -2.36. The van der Waals surface area contributed by atoms with Crippen LogP contribution in [0.1, 0.15) is 21.6 Å². The van der Waals surface area contributed by atoms with Crippen molar-refractivity contribution in [3.8, 4) is 0 Å². The molecule has 86 valence electrons. The molecule has 1 heterocycles. The van der Waals surface area contributed by atoms with Gasteiger partial charge in [0.1, 0.15) is 0 Å². The van der Waals surface area contributed by atoms with Crippen molar-refractivity contribution in [2.24, 2.45) is 5.10 Å². The summed E-state index contributed by atoms with van der Waals surface area (Å²) in [5.74, 6) is -0.203. The Balaban J connectivity index is 2.01. The van der Waals surface area contributed by atoms with Gasteiger partial charge in [-0.3, -0.25) is 4.79 Å². The molecule has 0 saturated carbocycles. The molecule has 4 heteroatoms. The van der Waals surface area contributed by atoms with Crippen LogP contribution in [0.2, 0.25) is 0 Å². The van der Waals surface area contributed by atoms with E-state index >= 15 is 0 Å². The number of nitrogens with zero attached hydrogens (tertiary/aromatic N) is 1. The first kappa shape index (κ1) is 11.1. The lowest BCUT2D eigenvalue weighted by molar-refractivity contribution is 0.0954. The molecule has 0 aliphatic rings. The lowest BCUT2D eigenvalue weighted by Crippen LogP contribution is -2.18. The highest BCUT2D eigenvalue weighted by Gasteiger charge is 2.05. The molecule has 17 heavy (non-hydrogen) atoms. The standard InChI is InChI=1S/C13H13N3O/c1-10-5-2-3-7-12(10)13(17)16-15-9-11-6-4-8-14-11/h2-9,14H,1H3,(H,16,17)/b15-9+. The molecule has 2 N–H and O–H groups in total. The van der Waals surface area contributed by atoms with Gasteiger partial charge in [-0.2, -0.15) is 5.10 Å². The molecule has 0 unspecified atom stereocenters. The molecule has 0 atom stereocenters. The molecular weight excluding hydrogens is 214 g/mol. The fraction of sp³-hybridized carbons (Fsp3) is 0.0769. The SMILES string of the molecule is Cc1ccccc1C(=O)N/N=C/c1ccc[nH]1. The lowest BCUT2D eigenvalue weighted by Gasteiger charge is -2.02. The molecule has 0 saturated heterocycles. The summed E-state index contributed by atoms with van der Waals surface area (Å²) in [6.07, 6.45) is 3.36. The van der Waals surface area contributed by atoms with E-state index in [1.54, 1.807) is 18.5 Å². The largest absolute Gasteiger partial charge is 0.360 e. The third kappa shape index (κ3) is 2.81. The Morgan fingerprint density at radius 2 is 2.12 bits per heavy atom. The smallest absolute Gasteiger partial charge is 0.271 e. The van der Waals surface area contributed by atoms with Crippen molar-refractivity contribution in [2.75, 3.05) is 0 Å². The molecule has 4 nitrogen and oxygen atoms in total. The molecule has 0 aliphatic carbocycles. The first-order valence-corrected chi connectivity index (χ1v) is 5.30. The van der Waals surface area contributed by atoms with Crippen LogP contribution < -0.4 is 5.43 Å². The number of carbonyl (C=O) groups is 1. The van der Waals surface area contributed by atoms with Gasteiger partial charge in [-0.1, -0.05) is 18.2 Å². The molecule has 1 aromatic carbocycles. The van der Waals surface area contributed by atoms with Crippen molar-refractivity contribution in [3.05, 3.63) is 59.4 Å². The Labute approximate surface area is 99.4 Å². The maximum Gasteiger partial charge on any atom is 0.271 e. The summed E-state index contributed by atoms with van der Waals surface area (Å²) in [5, 5.41) is 3.88. The number of nitrogens with one attached hydrogen (secondary N) is 2. The van der Waals surface area contributed by atoms with Crippen molar-refractivity contribution in [1.29, 1.82) is 0 Å². The Morgan fingerprint density at radius 3 is 2.82 bits per heavy atom. The average Bonchev–Trinajstić information content (AvgIpc) is 2.82. The van der Waals surface area contributed by atoms with Gasteiger partial charge in [0.2, 0.25) is 0 Å². The number of benzene rings is 1. The fourth-order valence-electron chi connectivity index (χ4n) is 1.47. The number of amides is 1. The van der Waals surface area contributed by atoms with Crippen molar-refractivity contribution in [2.45, 2.75) is 6.92 Å². The lowest BCUT2D eigenvalue weighted by atomic mass is 10.1. The van der Waals surface area contributed by atoms with E-state index in [2.05, 4.69) is 15.5 Å². The van der Waals surface area contributed by atoms with Crippen LogP contribution in [-0.2, 0) is 0 Å². The number of aromatic nitrogens is 1. The molecule has 0 bridgehead atoms. The van der Waals surface area contributed by atoms with Gasteiger partial charge in [-0.05, 0) is 30.7 Å². The summed E-state index contributed by atoms with van der Waals surface area (Å²) in [4.78, 5) is 14.7.